The van der Waals surface area contributed by atoms with Crippen LogP contribution in [0.2, 0.25) is 0 Å². The SMILES string of the molecule is CC(C)n1c(C2CCCN(C(=O)C3C4CCC(C4)C3N)C2)nc2ccccc21.Cl.Cl. The number of para-hydroxylation sites is 2. The quantitative estimate of drug-likeness (QED) is 0.742. The Hall–Kier alpha value is -1.30. The minimum Gasteiger partial charge on any atom is -0.342 e. The second-order valence-corrected chi connectivity index (χ2v) is 9.48. The summed E-state index contributed by atoms with van der Waals surface area (Å²) >= 11 is 0. The van der Waals surface area contributed by atoms with Crippen LogP contribution in [0.4, 0.5) is 0 Å². The van der Waals surface area contributed by atoms with Crippen LogP contribution in [-0.2, 0) is 4.79 Å². The van der Waals surface area contributed by atoms with Gasteiger partial charge in [-0.1, -0.05) is 12.1 Å². The molecule has 5 atom stereocenters. The molecule has 1 aromatic carbocycles. The first kappa shape index (κ1) is 23.4. The molecule has 5 unspecified atom stereocenters. The normalized spacial score (nSPS) is 30.4. The number of amides is 1. The molecule has 3 fully saturated rings. The number of nitrogens with zero attached hydrogens (tertiary/aromatic N) is 3. The van der Waals surface area contributed by atoms with E-state index < -0.39 is 0 Å². The summed E-state index contributed by atoms with van der Waals surface area (Å²) in [4.78, 5) is 20.5. The Bertz CT molecular complexity index is 896. The van der Waals surface area contributed by atoms with Gasteiger partial charge in [0.25, 0.3) is 0 Å². The van der Waals surface area contributed by atoms with E-state index in [9.17, 15) is 4.79 Å². The topological polar surface area (TPSA) is 64.2 Å². The van der Waals surface area contributed by atoms with Crippen molar-refractivity contribution in [3.8, 4) is 0 Å². The highest BCUT2D eigenvalue weighted by atomic mass is 35.5. The first-order valence-electron chi connectivity index (χ1n) is 11.1. The van der Waals surface area contributed by atoms with Gasteiger partial charge in [-0.05, 0) is 69.9 Å². The number of aromatic nitrogens is 2. The van der Waals surface area contributed by atoms with Gasteiger partial charge in [0.15, 0.2) is 0 Å². The predicted molar refractivity (Wildman–Crippen MR) is 125 cm³/mol. The Morgan fingerprint density at radius 3 is 2.57 bits per heavy atom. The fraction of sp³-hybridized carbons (Fsp3) is 0.652. The van der Waals surface area contributed by atoms with Crippen molar-refractivity contribution < 1.29 is 4.79 Å². The maximum absolute atomic E-state index is 13.4. The summed E-state index contributed by atoms with van der Waals surface area (Å²) in [5.41, 5.74) is 8.73. The minimum absolute atomic E-state index is 0. The summed E-state index contributed by atoms with van der Waals surface area (Å²) in [6.45, 7) is 6.10. The van der Waals surface area contributed by atoms with Crippen LogP contribution in [0, 0.1) is 17.8 Å². The summed E-state index contributed by atoms with van der Waals surface area (Å²) < 4.78 is 2.37. The van der Waals surface area contributed by atoms with E-state index in [1.54, 1.807) is 0 Å². The maximum Gasteiger partial charge on any atom is 0.227 e. The number of hydrogen-bond donors (Lipinski definition) is 1. The van der Waals surface area contributed by atoms with E-state index in [0.717, 1.165) is 43.7 Å². The molecule has 1 saturated heterocycles. The molecule has 2 N–H and O–H groups in total. The third kappa shape index (κ3) is 3.74. The van der Waals surface area contributed by atoms with Crippen LogP contribution in [0.25, 0.3) is 11.0 Å². The van der Waals surface area contributed by atoms with E-state index in [0.29, 0.717) is 29.7 Å². The summed E-state index contributed by atoms with van der Waals surface area (Å²) in [5, 5.41) is 0. The maximum atomic E-state index is 13.4. The van der Waals surface area contributed by atoms with E-state index in [-0.39, 0.29) is 36.8 Å². The third-order valence-corrected chi connectivity index (χ3v) is 7.50. The van der Waals surface area contributed by atoms with Crippen LogP contribution in [0.1, 0.15) is 63.7 Å². The molecule has 3 aliphatic rings. The Balaban J connectivity index is 0.00000128. The summed E-state index contributed by atoms with van der Waals surface area (Å²) in [7, 11) is 0. The second-order valence-electron chi connectivity index (χ2n) is 9.48. The van der Waals surface area contributed by atoms with Gasteiger partial charge in [0.2, 0.25) is 5.91 Å². The zero-order chi connectivity index (χ0) is 19.4. The van der Waals surface area contributed by atoms with Gasteiger partial charge in [-0.3, -0.25) is 4.79 Å². The molecule has 166 valence electrons. The molecule has 1 aromatic heterocycles. The van der Waals surface area contributed by atoms with E-state index in [1.807, 2.05) is 0 Å². The molecule has 1 amide bonds. The number of piperidine rings is 1. The zero-order valence-electron chi connectivity index (χ0n) is 17.9. The highest BCUT2D eigenvalue weighted by molar-refractivity contribution is 5.85. The number of halogens is 2. The zero-order valence-corrected chi connectivity index (χ0v) is 19.5. The molecular weight excluding hydrogens is 419 g/mol. The lowest BCUT2D eigenvalue weighted by Crippen LogP contribution is -2.49. The van der Waals surface area contributed by atoms with Crippen LogP contribution in [0.15, 0.2) is 24.3 Å². The van der Waals surface area contributed by atoms with Gasteiger partial charge in [-0.15, -0.1) is 24.8 Å². The van der Waals surface area contributed by atoms with Crippen LogP contribution < -0.4 is 5.73 Å². The fourth-order valence-electron chi connectivity index (χ4n) is 6.19. The average Bonchev–Trinajstić information content (AvgIpc) is 3.40. The number of carbonyl (C=O) groups excluding carboxylic acids is 1. The molecule has 2 aliphatic carbocycles. The van der Waals surface area contributed by atoms with Gasteiger partial charge in [-0.25, -0.2) is 4.98 Å². The van der Waals surface area contributed by atoms with Crippen molar-refractivity contribution in [2.24, 2.45) is 23.5 Å². The van der Waals surface area contributed by atoms with Crippen LogP contribution in [0.5, 0.6) is 0 Å². The van der Waals surface area contributed by atoms with Gasteiger partial charge >= 0.3 is 0 Å². The van der Waals surface area contributed by atoms with Gasteiger partial charge < -0.3 is 15.2 Å². The standard InChI is InChI=1S/C23H32N4O.2ClH/c1-14(2)27-19-8-4-3-7-18(19)25-22(27)17-6-5-11-26(13-17)23(28)20-15-9-10-16(12-15)21(20)24;;/h3-4,7-8,14-17,20-21H,5-6,9-13,24H2,1-2H3;2*1H. The van der Waals surface area contributed by atoms with Crippen LogP contribution in [0.3, 0.4) is 0 Å². The highest BCUT2D eigenvalue weighted by Crippen LogP contribution is 2.48. The molecule has 1 aliphatic heterocycles. The van der Waals surface area contributed by atoms with Gasteiger partial charge in [0, 0.05) is 31.1 Å². The lowest BCUT2D eigenvalue weighted by atomic mass is 9.83. The lowest BCUT2D eigenvalue weighted by molar-refractivity contribution is -0.139. The predicted octanol–water partition coefficient (Wildman–Crippen LogP) is 4.54. The molecule has 0 radical (unpaired) electrons. The Morgan fingerprint density at radius 1 is 1.13 bits per heavy atom. The molecule has 2 heterocycles. The third-order valence-electron chi connectivity index (χ3n) is 7.50. The highest BCUT2D eigenvalue weighted by Gasteiger charge is 2.50. The van der Waals surface area contributed by atoms with E-state index >= 15 is 0 Å². The van der Waals surface area contributed by atoms with E-state index in [2.05, 4.69) is 47.6 Å². The van der Waals surface area contributed by atoms with Crippen LogP contribution >= 0.6 is 24.8 Å². The minimum atomic E-state index is 0. The van der Waals surface area contributed by atoms with Gasteiger partial charge in [-0.2, -0.15) is 0 Å². The number of rotatable bonds is 3. The van der Waals surface area contributed by atoms with Gasteiger partial charge in [0.1, 0.15) is 5.82 Å². The van der Waals surface area contributed by atoms with Crippen molar-refractivity contribution in [3.05, 3.63) is 30.1 Å². The summed E-state index contributed by atoms with van der Waals surface area (Å²) in [6, 6.07) is 8.82. The van der Waals surface area contributed by atoms with E-state index in [4.69, 9.17) is 10.7 Å². The Kier molecular flexibility index (Phi) is 7.05. The smallest absolute Gasteiger partial charge is 0.227 e. The van der Waals surface area contributed by atoms with E-state index in [1.165, 1.54) is 18.4 Å². The molecule has 5 nitrogen and oxygen atoms in total. The van der Waals surface area contributed by atoms with Crippen molar-refractivity contribution in [3.63, 3.8) is 0 Å². The molecule has 2 aromatic rings. The number of likely N-dealkylation sites (tertiary alicyclic amines) is 1. The molecule has 30 heavy (non-hydrogen) atoms. The number of benzene rings is 1. The number of fused-ring (bicyclic) bond motifs is 3. The summed E-state index contributed by atoms with van der Waals surface area (Å²) in [5.74, 6) is 2.92. The Morgan fingerprint density at radius 2 is 1.87 bits per heavy atom. The molecule has 5 rings (SSSR count). The van der Waals surface area contributed by atoms with Gasteiger partial charge in [0.05, 0.1) is 17.0 Å². The van der Waals surface area contributed by atoms with Crippen molar-refractivity contribution in [1.29, 1.82) is 0 Å². The second kappa shape index (κ2) is 9.05. The molecule has 0 spiro atoms. The van der Waals surface area contributed by atoms with Crippen LogP contribution in [-0.4, -0.2) is 39.5 Å². The monoisotopic (exact) mass is 452 g/mol. The van der Waals surface area contributed by atoms with Crippen molar-refractivity contribution in [2.45, 2.75) is 64.0 Å². The first-order valence-corrected chi connectivity index (χ1v) is 11.1. The van der Waals surface area contributed by atoms with Crippen molar-refractivity contribution >= 4 is 41.8 Å². The van der Waals surface area contributed by atoms with Crippen molar-refractivity contribution in [1.82, 2.24) is 14.5 Å². The summed E-state index contributed by atoms with van der Waals surface area (Å²) in [6.07, 6.45) is 5.72. The fourth-order valence-corrected chi connectivity index (χ4v) is 6.19. The number of nitrogens with two attached hydrogens (primary N) is 1. The molecule has 7 heteroatoms. The molecule has 2 saturated carbocycles. The lowest BCUT2D eigenvalue weighted by Gasteiger charge is -2.37. The van der Waals surface area contributed by atoms with Crippen molar-refractivity contribution in [2.75, 3.05) is 13.1 Å². The Labute approximate surface area is 191 Å². The number of imidazole rings is 1. The number of carbonyl (C=O) groups is 1. The first-order chi connectivity index (χ1) is 13.5. The number of hydrogen-bond acceptors (Lipinski definition) is 3. The average molecular weight is 453 g/mol. The largest absolute Gasteiger partial charge is 0.342 e. The molecular formula is C23H34Cl2N4O. The molecule has 2 bridgehead atoms.